The molecule has 0 saturated carbocycles. The molecule has 0 radical (unpaired) electrons. The van der Waals surface area contributed by atoms with Crippen LogP contribution in [0.15, 0.2) is 48.8 Å². The van der Waals surface area contributed by atoms with Crippen LogP contribution in [-0.4, -0.2) is 9.97 Å². The number of benzene rings is 2. The zero-order chi connectivity index (χ0) is 13.9. The molecule has 3 nitrogen and oxygen atoms in total. The van der Waals surface area contributed by atoms with E-state index >= 15 is 0 Å². The third kappa shape index (κ3) is 2.42. The van der Waals surface area contributed by atoms with Gasteiger partial charge in [0.2, 0.25) is 0 Å². The fourth-order valence-corrected chi connectivity index (χ4v) is 1.98. The first-order chi connectivity index (χ1) is 9.74. The van der Waals surface area contributed by atoms with E-state index in [4.69, 9.17) is 0 Å². The van der Waals surface area contributed by atoms with Crippen LogP contribution >= 0.6 is 0 Å². The second-order valence-corrected chi connectivity index (χ2v) is 4.34. The number of nitrogens with one attached hydrogen (secondary N) is 1. The van der Waals surface area contributed by atoms with Gasteiger partial charge in [-0.15, -0.1) is 0 Å². The van der Waals surface area contributed by atoms with Gasteiger partial charge in [0.15, 0.2) is 0 Å². The molecule has 1 aromatic heterocycles. The average molecular weight is 271 g/mol. The Hall–Kier alpha value is -2.56. The largest absolute Gasteiger partial charge is 0.365 e. The molecule has 0 aliphatic heterocycles. The molecule has 0 unspecified atom stereocenters. The number of halogens is 2. The zero-order valence-electron chi connectivity index (χ0n) is 10.5. The summed E-state index contributed by atoms with van der Waals surface area (Å²) in [7, 11) is 0. The number of para-hydroxylation sites is 1. The number of anilines is 1. The van der Waals surface area contributed by atoms with Gasteiger partial charge in [0.1, 0.15) is 29.3 Å². The number of hydrogen-bond donors (Lipinski definition) is 1. The van der Waals surface area contributed by atoms with E-state index in [1.807, 2.05) is 0 Å². The second kappa shape index (κ2) is 5.21. The highest BCUT2D eigenvalue weighted by atomic mass is 19.1. The summed E-state index contributed by atoms with van der Waals surface area (Å²) in [5.41, 5.74) is 1.19. The quantitative estimate of drug-likeness (QED) is 0.792. The van der Waals surface area contributed by atoms with E-state index in [9.17, 15) is 8.78 Å². The number of fused-ring (bicyclic) bond motifs is 1. The van der Waals surface area contributed by atoms with Crippen LogP contribution in [0.25, 0.3) is 10.9 Å². The van der Waals surface area contributed by atoms with Crippen LogP contribution in [0.5, 0.6) is 0 Å². The van der Waals surface area contributed by atoms with Crippen LogP contribution < -0.4 is 5.32 Å². The van der Waals surface area contributed by atoms with Crippen LogP contribution in [0, 0.1) is 11.6 Å². The average Bonchev–Trinajstić information content (AvgIpc) is 2.47. The van der Waals surface area contributed by atoms with Gasteiger partial charge < -0.3 is 5.32 Å². The van der Waals surface area contributed by atoms with Crippen molar-refractivity contribution in [3.8, 4) is 0 Å². The predicted octanol–water partition coefficient (Wildman–Crippen LogP) is 3.52. The second-order valence-electron chi connectivity index (χ2n) is 4.34. The van der Waals surface area contributed by atoms with Crippen molar-refractivity contribution in [3.05, 3.63) is 66.0 Å². The van der Waals surface area contributed by atoms with Crippen LogP contribution in [0.2, 0.25) is 0 Å². The van der Waals surface area contributed by atoms with Gasteiger partial charge in [0.25, 0.3) is 0 Å². The Morgan fingerprint density at radius 3 is 2.55 bits per heavy atom. The van der Waals surface area contributed by atoms with E-state index in [-0.39, 0.29) is 17.2 Å². The van der Waals surface area contributed by atoms with E-state index in [1.165, 1.54) is 24.5 Å². The van der Waals surface area contributed by atoms with Crippen molar-refractivity contribution in [2.75, 3.05) is 5.32 Å². The SMILES string of the molecule is Fc1ccc(CNc2ncnc3c(F)cccc23)cc1. The number of hydrogen-bond acceptors (Lipinski definition) is 3. The molecule has 0 atom stereocenters. The lowest BCUT2D eigenvalue weighted by Crippen LogP contribution is -2.03. The highest BCUT2D eigenvalue weighted by Crippen LogP contribution is 2.21. The molecule has 0 aliphatic rings. The summed E-state index contributed by atoms with van der Waals surface area (Å²) >= 11 is 0. The molecule has 0 spiro atoms. The van der Waals surface area contributed by atoms with E-state index < -0.39 is 0 Å². The Kier molecular flexibility index (Phi) is 3.25. The Bertz CT molecular complexity index is 742. The minimum Gasteiger partial charge on any atom is -0.365 e. The normalized spacial score (nSPS) is 10.7. The van der Waals surface area contributed by atoms with Gasteiger partial charge in [-0.2, -0.15) is 0 Å². The minimum atomic E-state index is -0.380. The van der Waals surface area contributed by atoms with E-state index in [1.54, 1.807) is 24.3 Å². The first-order valence-electron chi connectivity index (χ1n) is 6.11. The molecule has 0 aliphatic carbocycles. The van der Waals surface area contributed by atoms with Gasteiger partial charge >= 0.3 is 0 Å². The summed E-state index contributed by atoms with van der Waals surface area (Å²) in [4.78, 5) is 8.05. The standard InChI is InChI=1S/C15H11F2N3/c16-11-6-4-10(5-7-11)8-18-15-12-2-1-3-13(17)14(12)19-9-20-15/h1-7,9H,8H2,(H,18,19,20). The summed E-state index contributed by atoms with van der Waals surface area (Å²) in [6.45, 7) is 0.475. The Balaban J connectivity index is 1.88. The summed E-state index contributed by atoms with van der Waals surface area (Å²) < 4.78 is 26.4. The molecule has 100 valence electrons. The maximum Gasteiger partial charge on any atom is 0.149 e. The van der Waals surface area contributed by atoms with Gasteiger partial charge in [0, 0.05) is 11.9 Å². The third-order valence-corrected chi connectivity index (χ3v) is 2.99. The molecule has 0 fully saturated rings. The first-order valence-corrected chi connectivity index (χ1v) is 6.11. The number of aromatic nitrogens is 2. The van der Waals surface area contributed by atoms with E-state index in [0.29, 0.717) is 17.7 Å². The highest BCUT2D eigenvalue weighted by molar-refractivity contribution is 5.89. The van der Waals surface area contributed by atoms with Gasteiger partial charge in [-0.05, 0) is 29.8 Å². The number of nitrogens with zero attached hydrogens (tertiary/aromatic N) is 2. The fourth-order valence-electron chi connectivity index (χ4n) is 1.98. The molecule has 1 N–H and O–H groups in total. The lowest BCUT2D eigenvalue weighted by atomic mass is 10.2. The maximum atomic E-state index is 13.6. The maximum absolute atomic E-state index is 13.6. The van der Waals surface area contributed by atoms with Gasteiger partial charge in [0.05, 0.1) is 0 Å². The Morgan fingerprint density at radius 1 is 0.950 bits per heavy atom. The predicted molar refractivity (Wildman–Crippen MR) is 73.2 cm³/mol. The molecule has 3 aromatic rings. The molecule has 3 rings (SSSR count). The molecule has 1 heterocycles. The zero-order valence-corrected chi connectivity index (χ0v) is 10.5. The van der Waals surface area contributed by atoms with Crippen LogP contribution in [0.3, 0.4) is 0 Å². The summed E-state index contributed by atoms with van der Waals surface area (Å²) in [6, 6.07) is 10.9. The fraction of sp³-hybridized carbons (Fsp3) is 0.0667. The van der Waals surface area contributed by atoms with E-state index in [0.717, 1.165) is 5.56 Å². The monoisotopic (exact) mass is 271 g/mol. The molecule has 0 saturated heterocycles. The van der Waals surface area contributed by atoms with Gasteiger partial charge in [-0.25, -0.2) is 18.7 Å². The summed E-state index contributed by atoms with van der Waals surface area (Å²) in [5.74, 6) is -0.100. The smallest absolute Gasteiger partial charge is 0.149 e. The number of rotatable bonds is 3. The van der Waals surface area contributed by atoms with Crippen LogP contribution in [0.4, 0.5) is 14.6 Å². The van der Waals surface area contributed by atoms with Crippen LogP contribution in [-0.2, 0) is 6.54 Å². The summed E-state index contributed by atoms with van der Waals surface area (Å²) in [6.07, 6.45) is 1.32. The molecule has 0 bridgehead atoms. The Morgan fingerprint density at radius 2 is 1.75 bits per heavy atom. The molecule has 20 heavy (non-hydrogen) atoms. The van der Waals surface area contributed by atoms with Crippen molar-refractivity contribution < 1.29 is 8.78 Å². The minimum absolute atomic E-state index is 0.275. The van der Waals surface area contributed by atoms with Crippen LogP contribution in [0.1, 0.15) is 5.56 Å². The molecular formula is C15H11F2N3. The third-order valence-electron chi connectivity index (χ3n) is 2.99. The highest BCUT2D eigenvalue weighted by Gasteiger charge is 2.06. The van der Waals surface area contributed by atoms with Crippen molar-refractivity contribution in [1.82, 2.24) is 9.97 Å². The van der Waals surface area contributed by atoms with Gasteiger partial charge in [-0.3, -0.25) is 0 Å². The topological polar surface area (TPSA) is 37.8 Å². The van der Waals surface area contributed by atoms with E-state index in [2.05, 4.69) is 15.3 Å². The lowest BCUT2D eigenvalue weighted by molar-refractivity contribution is 0.627. The summed E-state index contributed by atoms with van der Waals surface area (Å²) in [5, 5.41) is 3.73. The molecular weight excluding hydrogens is 260 g/mol. The van der Waals surface area contributed by atoms with Crippen molar-refractivity contribution in [3.63, 3.8) is 0 Å². The van der Waals surface area contributed by atoms with Crippen molar-refractivity contribution in [2.24, 2.45) is 0 Å². The van der Waals surface area contributed by atoms with Crippen molar-refractivity contribution in [2.45, 2.75) is 6.54 Å². The Labute approximate surface area is 114 Å². The lowest BCUT2D eigenvalue weighted by Gasteiger charge is -2.08. The van der Waals surface area contributed by atoms with Crippen molar-refractivity contribution in [1.29, 1.82) is 0 Å². The van der Waals surface area contributed by atoms with Gasteiger partial charge in [-0.1, -0.05) is 18.2 Å². The van der Waals surface area contributed by atoms with Crippen molar-refractivity contribution >= 4 is 16.7 Å². The molecule has 0 amide bonds. The molecule has 5 heteroatoms. The molecule has 2 aromatic carbocycles. The first kappa shape index (κ1) is 12.5.